The lowest BCUT2D eigenvalue weighted by atomic mass is 9.95. The van der Waals surface area contributed by atoms with Gasteiger partial charge in [0.1, 0.15) is 5.82 Å². The summed E-state index contributed by atoms with van der Waals surface area (Å²) in [6.07, 6.45) is 5.80. The first-order valence-corrected chi connectivity index (χ1v) is 11.1. The SMILES string of the molecule is O=C(Nc1cccc(-c2cscn2)c1)C1CCN(C/C=C/c2ccc(F)cc2)CC1. The number of benzene rings is 2. The van der Waals surface area contributed by atoms with Gasteiger partial charge >= 0.3 is 0 Å². The minimum Gasteiger partial charge on any atom is -0.326 e. The maximum atomic E-state index is 13.0. The van der Waals surface area contributed by atoms with Gasteiger partial charge in [-0.15, -0.1) is 11.3 Å². The Morgan fingerprint density at radius 2 is 2.00 bits per heavy atom. The molecule has 6 heteroatoms. The predicted octanol–water partition coefficient (Wildman–Crippen LogP) is 5.31. The summed E-state index contributed by atoms with van der Waals surface area (Å²) in [6, 6.07) is 14.3. The van der Waals surface area contributed by atoms with E-state index in [1.54, 1.807) is 23.5 Å². The smallest absolute Gasteiger partial charge is 0.227 e. The van der Waals surface area contributed by atoms with Crippen LogP contribution in [0.4, 0.5) is 10.1 Å². The van der Waals surface area contributed by atoms with Crippen LogP contribution in [0.5, 0.6) is 0 Å². The van der Waals surface area contributed by atoms with Gasteiger partial charge in [0.05, 0.1) is 11.2 Å². The van der Waals surface area contributed by atoms with Gasteiger partial charge in [0.25, 0.3) is 0 Å². The fourth-order valence-electron chi connectivity index (χ4n) is 3.65. The van der Waals surface area contributed by atoms with Crippen LogP contribution in [0.1, 0.15) is 18.4 Å². The van der Waals surface area contributed by atoms with Crippen LogP contribution < -0.4 is 5.32 Å². The van der Waals surface area contributed by atoms with Gasteiger partial charge in [0, 0.05) is 29.1 Å². The summed E-state index contributed by atoms with van der Waals surface area (Å²) in [5.41, 5.74) is 5.55. The number of aromatic nitrogens is 1. The first-order valence-electron chi connectivity index (χ1n) is 10.1. The van der Waals surface area contributed by atoms with Crippen molar-refractivity contribution in [2.75, 3.05) is 25.0 Å². The Labute approximate surface area is 180 Å². The number of anilines is 1. The monoisotopic (exact) mass is 421 g/mol. The van der Waals surface area contributed by atoms with Crippen LogP contribution in [-0.4, -0.2) is 35.4 Å². The van der Waals surface area contributed by atoms with Crippen LogP contribution in [0.3, 0.4) is 0 Å². The molecule has 1 N–H and O–H groups in total. The van der Waals surface area contributed by atoms with Gasteiger partial charge < -0.3 is 5.32 Å². The molecule has 154 valence electrons. The average molecular weight is 422 g/mol. The van der Waals surface area contributed by atoms with Crippen LogP contribution in [0.25, 0.3) is 17.3 Å². The number of amides is 1. The Morgan fingerprint density at radius 1 is 1.20 bits per heavy atom. The second kappa shape index (κ2) is 9.78. The highest BCUT2D eigenvalue weighted by Gasteiger charge is 2.24. The number of likely N-dealkylation sites (tertiary alicyclic amines) is 1. The highest BCUT2D eigenvalue weighted by Crippen LogP contribution is 2.24. The van der Waals surface area contributed by atoms with E-state index in [1.807, 2.05) is 41.2 Å². The first kappa shape index (κ1) is 20.4. The number of rotatable bonds is 6. The lowest BCUT2D eigenvalue weighted by Gasteiger charge is -2.30. The van der Waals surface area contributed by atoms with Crippen molar-refractivity contribution in [3.05, 3.63) is 76.9 Å². The lowest BCUT2D eigenvalue weighted by Crippen LogP contribution is -2.38. The topological polar surface area (TPSA) is 45.2 Å². The van der Waals surface area contributed by atoms with Crippen LogP contribution in [0.2, 0.25) is 0 Å². The van der Waals surface area contributed by atoms with Crippen LogP contribution in [0.15, 0.2) is 65.5 Å². The zero-order valence-electron chi connectivity index (χ0n) is 16.6. The molecule has 1 amide bonds. The number of hydrogen-bond acceptors (Lipinski definition) is 4. The van der Waals surface area contributed by atoms with Crippen molar-refractivity contribution in [2.45, 2.75) is 12.8 Å². The van der Waals surface area contributed by atoms with Crippen LogP contribution in [0, 0.1) is 11.7 Å². The third-order valence-electron chi connectivity index (χ3n) is 5.36. The molecule has 3 aromatic rings. The highest BCUT2D eigenvalue weighted by molar-refractivity contribution is 7.07. The molecule has 0 spiro atoms. The molecule has 0 bridgehead atoms. The van der Waals surface area contributed by atoms with E-state index in [2.05, 4.69) is 21.3 Å². The van der Waals surface area contributed by atoms with Gasteiger partial charge in [-0.25, -0.2) is 9.37 Å². The molecule has 1 aliphatic heterocycles. The maximum Gasteiger partial charge on any atom is 0.227 e. The molecule has 4 rings (SSSR count). The lowest BCUT2D eigenvalue weighted by molar-refractivity contribution is -0.121. The quantitative estimate of drug-likeness (QED) is 0.586. The molecule has 0 radical (unpaired) electrons. The van der Waals surface area contributed by atoms with E-state index in [1.165, 1.54) is 12.1 Å². The second-order valence-corrected chi connectivity index (χ2v) is 8.19. The second-order valence-electron chi connectivity index (χ2n) is 7.47. The van der Waals surface area contributed by atoms with Gasteiger partial charge in [0.2, 0.25) is 5.91 Å². The third-order valence-corrected chi connectivity index (χ3v) is 5.95. The number of halogens is 1. The number of nitrogens with zero attached hydrogens (tertiary/aromatic N) is 2. The van der Waals surface area contributed by atoms with Gasteiger partial charge in [-0.3, -0.25) is 9.69 Å². The molecule has 1 aliphatic rings. The van der Waals surface area contributed by atoms with Crippen LogP contribution in [-0.2, 0) is 4.79 Å². The molecule has 1 saturated heterocycles. The van der Waals surface area contributed by atoms with E-state index in [9.17, 15) is 9.18 Å². The van der Waals surface area contributed by atoms with Crippen molar-refractivity contribution in [1.82, 2.24) is 9.88 Å². The van der Waals surface area contributed by atoms with E-state index < -0.39 is 0 Å². The minimum absolute atomic E-state index is 0.0326. The molecular weight excluding hydrogens is 397 g/mol. The number of piperidine rings is 1. The van der Waals surface area contributed by atoms with E-state index in [0.29, 0.717) is 0 Å². The molecule has 1 aromatic heterocycles. The molecule has 4 nitrogen and oxygen atoms in total. The molecule has 0 saturated carbocycles. The van der Waals surface area contributed by atoms with Crippen molar-refractivity contribution < 1.29 is 9.18 Å². The number of nitrogens with one attached hydrogen (secondary N) is 1. The van der Waals surface area contributed by atoms with Crippen molar-refractivity contribution >= 4 is 29.0 Å². The summed E-state index contributed by atoms with van der Waals surface area (Å²) in [6.45, 7) is 2.62. The third kappa shape index (κ3) is 5.40. The van der Waals surface area contributed by atoms with E-state index in [0.717, 1.165) is 55.0 Å². The van der Waals surface area contributed by atoms with Gasteiger partial charge in [-0.1, -0.05) is 36.4 Å². The van der Waals surface area contributed by atoms with Gasteiger partial charge in [-0.2, -0.15) is 0 Å². The Hall–Kier alpha value is -2.83. The first-order chi connectivity index (χ1) is 14.7. The van der Waals surface area contributed by atoms with E-state index in [4.69, 9.17) is 0 Å². The Bertz CT molecular complexity index is 994. The molecule has 2 heterocycles. The predicted molar refractivity (Wildman–Crippen MR) is 121 cm³/mol. The van der Waals surface area contributed by atoms with Crippen molar-refractivity contribution in [1.29, 1.82) is 0 Å². The van der Waals surface area contributed by atoms with Crippen molar-refractivity contribution in [3.63, 3.8) is 0 Å². The summed E-state index contributed by atoms with van der Waals surface area (Å²) >= 11 is 1.56. The van der Waals surface area contributed by atoms with Gasteiger partial charge in [-0.05, 0) is 55.8 Å². The van der Waals surface area contributed by atoms with Crippen molar-refractivity contribution in [3.8, 4) is 11.3 Å². The molecule has 2 aromatic carbocycles. The summed E-state index contributed by atoms with van der Waals surface area (Å²) in [7, 11) is 0. The fraction of sp³-hybridized carbons (Fsp3) is 0.250. The fourth-order valence-corrected chi connectivity index (χ4v) is 4.21. The molecule has 1 fully saturated rings. The Balaban J connectivity index is 1.25. The minimum atomic E-state index is -0.220. The molecule has 0 aliphatic carbocycles. The van der Waals surface area contributed by atoms with E-state index in [-0.39, 0.29) is 17.6 Å². The number of carbonyl (C=O) groups excluding carboxylic acids is 1. The van der Waals surface area contributed by atoms with Crippen molar-refractivity contribution in [2.24, 2.45) is 5.92 Å². The zero-order chi connectivity index (χ0) is 20.8. The maximum absolute atomic E-state index is 13.0. The summed E-state index contributed by atoms with van der Waals surface area (Å²) in [4.78, 5) is 19.4. The Kier molecular flexibility index (Phi) is 6.67. The van der Waals surface area contributed by atoms with E-state index >= 15 is 0 Å². The number of hydrogen-bond donors (Lipinski definition) is 1. The molecule has 30 heavy (non-hydrogen) atoms. The molecule has 0 atom stereocenters. The molecular formula is C24H24FN3OS. The standard InChI is InChI=1S/C24H24FN3OS/c25-21-8-6-18(7-9-21)3-2-12-28-13-10-19(11-14-28)24(29)27-22-5-1-4-20(15-22)23-16-30-17-26-23/h1-9,15-17,19H,10-14H2,(H,27,29)/b3-2+. The summed E-state index contributed by atoms with van der Waals surface area (Å²) in [5, 5.41) is 5.07. The zero-order valence-corrected chi connectivity index (χ0v) is 17.4. The largest absolute Gasteiger partial charge is 0.326 e. The number of thiazole rings is 1. The Morgan fingerprint density at radius 3 is 2.73 bits per heavy atom. The van der Waals surface area contributed by atoms with Crippen LogP contribution >= 0.6 is 11.3 Å². The highest BCUT2D eigenvalue weighted by atomic mass is 32.1. The summed E-state index contributed by atoms with van der Waals surface area (Å²) < 4.78 is 13.0. The van der Waals surface area contributed by atoms with Gasteiger partial charge in [0.15, 0.2) is 0 Å². The normalized spacial score (nSPS) is 15.5. The molecule has 0 unspecified atom stereocenters. The number of carbonyl (C=O) groups is 1. The average Bonchev–Trinajstić information content (AvgIpc) is 3.31. The summed E-state index contributed by atoms with van der Waals surface area (Å²) in [5.74, 6) is -0.0976.